The number of halogens is 1. The normalized spacial score (nSPS) is 15.1. The number of esters is 1. The van der Waals surface area contributed by atoms with Crippen LogP contribution in [0.4, 0.5) is 0 Å². The molecule has 0 saturated carbocycles. The third-order valence-electron chi connectivity index (χ3n) is 2.48. The van der Waals surface area contributed by atoms with E-state index >= 15 is 0 Å². The van der Waals surface area contributed by atoms with Gasteiger partial charge in [-0.15, -0.1) is 6.42 Å². The smallest absolute Gasteiger partial charge is 0.327 e. The first-order valence-corrected chi connectivity index (χ1v) is 7.01. The molecule has 0 aliphatic heterocycles. The van der Waals surface area contributed by atoms with Crippen LogP contribution in [0.3, 0.4) is 0 Å². The van der Waals surface area contributed by atoms with Crippen molar-refractivity contribution in [2.24, 2.45) is 5.73 Å². The van der Waals surface area contributed by atoms with Gasteiger partial charge in [-0.2, -0.15) is 0 Å². The van der Waals surface area contributed by atoms with E-state index in [0.29, 0.717) is 6.61 Å². The highest BCUT2D eigenvalue weighted by Crippen LogP contribution is 2.08. The van der Waals surface area contributed by atoms with E-state index in [1.807, 2.05) is 52.9 Å². The fraction of sp³-hybridized carbons (Fsp3) is 0.357. The molecule has 2 N–H and O–H groups in total. The molecule has 1 aromatic rings. The maximum atomic E-state index is 11.6. The van der Waals surface area contributed by atoms with Gasteiger partial charge < -0.3 is 15.2 Å². The summed E-state index contributed by atoms with van der Waals surface area (Å²) in [4.78, 5) is 11.6. The molecule has 1 aromatic carbocycles. The van der Waals surface area contributed by atoms with Crippen molar-refractivity contribution >= 4 is 28.6 Å². The average molecular weight is 373 g/mol. The molecule has 0 fully saturated rings. The molecule has 3 atom stereocenters. The van der Waals surface area contributed by atoms with Crippen LogP contribution in [0.5, 0.6) is 0 Å². The van der Waals surface area contributed by atoms with Crippen molar-refractivity contribution in [2.75, 3.05) is 0 Å². The average Bonchev–Trinajstić information content (AvgIpc) is 2.44. The zero-order valence-electron chi connectivity index (χ0n) is 10.6. The Balaban J connectivity index is 2.42. The minimum absolute atomic E-state index is 0.395. The van der Waals surface area contributed by atoms with Gasteiger partial charge in [0.25, 0.3) is 0 Å². The highest BCUT2D eigenvalue weighted by Gasteiger charge is 2.24. The molecule has 0 heterocycles. The predicted octanol–water partition coefficient (Wildman–Crippen LogP) is 1.86. The number of nitrogens with two attached hydrogens (primary N) is 1. The Morgan fingerprint density at radius 1 is 1.47 bits per heavy atom. The molecule has 1 rings (SSSR count). The summed E-state index contributed by atoms with van der Waals surface area (Å²) in [5.74, 6) is 1.74. The van der Waals surface area contributed by atoms with Gasteiger partial charge in [-0.1, -0.05) is 36.3 Å². The van der Waals surface area contributed by atoms with Gasteiger partial charge in [0.2, 0.25) is 4.11 Å². The highest BCUT2D eigenvalue weighted by atomic mass is 127. The second-order valence-corrected chi connectivity index (χ2v) is 5.08. The first kappa shape index (κ1) is 16.0. The SMILES string of the molecule is C#CC(I)OC(=O)[C@@H](N)[C@@H](C)OCc1ccccc1. The maximum absolute atomic E-state index is 11.6. The number of carbonyl (C=O) groups is 1. The van der Waals surface area contributed by atoms with Gasteiger partial charge in [0.1, 0.15) is 6.04 Å². The molecule has 1 unspecified atom stereocenters. The third-order valence-corrected chi connectivity index (χ3v) is 3.10. The Hall–Kier alpha value is -1.10. The monoisotopic (exact) mass is 373 g/mol. The summed E-state index contributed by atoms with van der Waals surface area (Å²) < 4.78 is 9.87. The lowest BCUT2D eigenvalue weighted by atomic mass is 10.2. The Kier molecular flexibility index (Phi) is 6.84. The molecule has 4 nitrogen and oxygen atoms in total. The minimum Gasteiger partial charge on any atom is -0.438 e. The zero-order valence-corrected chi connectivity index (χ0v) is 12.7. The Morgan fingerprint density at radius 3 is 2.68 bits per heavy atom. The number of carbonyl (C=O) groups excluding carboxylic acids is 1. The number of terminal acetylenes is 1. The molecule has 0 aromatic heterocycles. The summed E-state index contributed by atoms with van der Waals surface area (Å²) in [6, 6.07) is 8.80. The van der Waals surface area contributed by atoms with Crippen LogP contribution in [0.15, 0.2) is 30.3 Å². The lowest BCUT2D eigenvalue weighted by molar-refractivity contribution is -0.148. The number of alkyl halides is 1. The lowest BCUT2D eigenvalue weighted by Crippen LogP contribution is -2.43. The largest absolute Gasteiger partial charge is 0.438 e. The van der Waals surface area contributed by atoms with Crippen LogP contribution in [-0.2, 0) is 20.9 Å². The summed E-state index contributed by atoms with van der Waals surface area (Å²) in [6.45, 7) is 2.12. The number of benzene rings is 1. The maximum Gasteiger partial charge on any atom is 0.327 e. The van der Waals surface area contributed by atoms with Gasteiger partial charge in [-0.3, -0.25) is 4.79 Å². The van der Waals surface area contributed by atoms with Crippen molar-refractivity contribution in [1.29, 1.82) is 0 Å². The van der Waals surface area contributed by atoms with E-state index in [9.17, 15) is 4.79 Å². The first-order chi connectivity index (χ1) is 9.04. The van der Waals surface area contributed by atoms with E-state index in [-0.39, 0.29) is 0 Å². The van der Waals surface area contributed by atoms with Gasteiger partial charge >= 0.3 is 5.97 Å². The molecule has 0 amide bonds. The van der Waals surface area contributed by atoms with E-state index in [4.69, 9.17) is 21.6 Å². The van der Waals surface area contributed by atoms with Crippen LogP contribution >= 0.6 is 22.6 Å². The van der Waals surface area contributed by atoms with Crippen molar-refractivity contribution in [3.8, 4) is 12.3 Å². The molecule has 102 valence electrons. The predicted molar refractivity (Wildman–Crippen MR) is 81.4 cm³/mol. The van der Waals surface area contributed by atoms with Crippen LogP contribution < -0.4 is 5.73 Å². The van der Waals surface area contributed by atoms with Crippen molar-refractivity contribution < 1.29 is 14.3 Å². The number of ether oxygens (including phenoxy) is 2. The van der Waals surface area contributed by atoms with E-state index in [0.717, 1.165) is 5.56 Å². The molecule has 5 heteroatoms. The van der Waals surface area contributed by atoms with Gasteiger partial charge in [0, 0.05) is 0 Å². The first-order valence-electron chi connectivity index (χ1n) is 5.76. The standard InChI is InChI=1S/C14H16INO3/c1-3-12(15)19-14(17)13(16)10(2)18-9-11-7-5-4-6-8-11/h1,4-8,10,12-13H,9,16H2,2H3/t10-,12?,13+/m1/s1. The molecular weight excluding hydrogens is 357 g/mol. The van der Waals surface area contributed by atoms with Crippen LogP contribution in [-0.4, -0.2) is 22.2 Å². The molecule has 0 saturated heterocycles. The molecular formula is C14H16INO3. The summed E-state index contributed by atoms with van der Waals surface area (Å²) in [5, 5.41) is 0. The fourth-order valence-electron chi connectivity index (χ4n) is 1.31. The summed E-state index contributed by atoms with van der Waals surface area (Å²) in [5.41, 5.74) is 6.78. The molecule has 0 spiro atoms. The van der Waals surface area contributed by atoms with Crippen LogP contribution in [0.1, 0.15) is 12.5 Å². The zero-order chi connectivity index (χ0) is 14.3. The Morgan fingerprint density at radius 2 is 2.11 bits per heavy atom. The van der Waals surface area contributed by atoms with Crippen LogP contribution in [0.25, 0.3) is 0 Å². The van der Waals surface area contributed by atoms with Gasteiger partial charge in [0.15, 0.2) is 0 Å². The minimum atomic E-state index is -0.852. The van der Waals surface area contributed by atoms with Crippen LogP contribution in [0, 0.1) is 12.3 Å². The lowest BCUT2D eigenvalue weighted by Gasteiger charge is -2.19. The van der Waals surface area contributed by atoms with Gasteiger partial charge in [-0.25, -0.2) is 0 Å². The summed E-state index contributed by atoms with van der Waals surface area (Å²) >= 11 is 1.83. The van der Waals surface area contributed by atoms with Gasteiger partial charge in [-0.05, 0) is 35.1 Å². The second kappa shape index (κ2) is 8.15. The van der Waals surface area contributed by atoms with Crippen molar-refractivity contribution in [1.82, 2.24) is 0 Å². The summed E-state index contributed by atoms with van der Waals surface area (Å²) in [6.07, 6.45) is 4.67. The number of hydrogen-bond donors (Lipinski definition) is 1. The summed E-state index contributed by atoms with van der Waals surface area (Å²) in [7, 11) is 0. The molecule has 0 bridgehead atoms. The molecule has 19 heavy (non-hydrogen) atoms. The van der Waals surface area contributed by atoms with Crippen LogP contribution in [0.2, 0.25) is 0 Å². The molecule has 0 radical (unpaired) electrons. The molecule has 0 aliphatic carbocycles. The quantitative estimate of drug-likeness (QED) is 0.358. The topological polar surface area (TPSA) is 61.5 Å². The number of hydrogen-bond acceptors (Lipinski definition) is 4. The highest BCUT2D eigenvalue weighted by molar-refractivity contribution is 14.1. The van der Waals surface area contributed by atoms with Crippen molar-refractivity contribution in [3.05, 3.63) is 35.9 Å². The van der Waals surface area contributed by atoms with Gasteiger partial charge in [0.05, 0.1) is 12.7 Å². The molecule has 0 aliphatic rings. The van der Waals surface area contributed by atoms with Crippen molar-refractivity contribution in [3.63, 3.8) is 0 Å². The van der Waals surface area contributed by atoms with E-state index in [1.165, 1.54) is 0 Å². The van der Waals surface area contributed by atoms with E-state index < -0.39 is 22.2 Å². The fourth-order valence-corrected chi connectivity index (χ4v) is 1.56. The van der Waals surface area contributed by atoms with E-state index in [1.54, 1.807) is 6.92 Å². The van der Waals surface area contributed by atoms with Crippen molar-refractivity contribution in [2.45, 2.75) is 29.8 Å². The van der Waals surface area contributed by atoms with E-state index in [2.05, 4.69) is 5.92 Å². The number of rotatable bonds is 6. The third kappa shape index (κ3) is 5.59. The Bertz CT molecular complexity index is 444. The second-order valence-electron chi connectivity index (χ2n) is 3.95. The Labute approximate surface area is 126 Å².